The molecule has 0 aromatic carbocycles. The fraction of sp³-hybridized carbons (Fsp3) is 0.600. The molecule has 0 amide bonds. The molecule has 19 heavy (non-hydrogen) atoms. The van der Waals surface area contributed by atoms with E-state index in [2.05, 4.69) is 41.8 Å². The van der Waals surface area contributed by atoms with Crippen LogP contribution in [-0.2, 0) is 20.0 Å². The molecule has 0 unspecified atom stereocenters. The number of aliphatic imine (C=N–C) groups is 1. The van der Waals surface area contributed by atoms with Crippen LogP contribution in [0.3, 0.4) is 0 Å². The van der Waals surface area contributed by atoms with Crippen molar-refractivity contribution in [2.45, 2.75) is 40.2 Å². The average molecular weight is 260 g/mol. The second-order valence-corrected chi connectivity index (χ2v) is 5.23. The van der Waals surface area contributed by atoms with Crippen molar-refractivity contribution in [3.8, 4) is 0 Å². The highest BCUT2D eigenvalue weighted by Gasteiger charge is 2.23. The molecule has 0 radical (unpaired) electrons. The fourth-order valence-electron chi connectivity index (χ4n) is 2.59. The highest BCUT2D eigenvalue weighted by molar-refractivity contribution is 5.93. The van der Waals surface area contributed by atoms with Gasteiger partial charge in [-0.1, -0.05) is 12.5 Å². The van der Waals surface area contributed by atoms with E-state index in [0.29, 0.717) is 0 Å². The first kappa shape index (κ1) is 13.8. The Kier molecular flexibility index (Phi) is 4.08. The van der Waals surface area contributed by atoms with Gasteiger partial charge in [-0.15, -0.1) is 0 Å². The Morgan fingerprint density at radius 2 is 2.21 bits per heavy atom. The smallest absolute Gasteiger partial charge is 0.123 e. The van der Waals surface area contributed by atoms with Gasteiger partial charge in [0.05, 0.1) is 5.69 Å². The molecule has 104 valence electrons. The van der Waals surface area contributed by atoms with Gasteiger partial charge in [0, 0.05) is 44.9 Å². The number of hydrogen-bond acceptors (Lipinski definition) is 2. The Balaban J connectivity index is 2.24. The molecule has 0 fully saturated rings. The first-order valence-corrected chi connectivity index (χ1v) is 6.97. The molecule has 1 aliphatic heterocycles. The van der Waals surface area contributed by atoms with Crippen LogP contribution in [0.4, 0.5) is 0 Å². The van der Waals surface area contributed by atoms with Gasteiger partial charge in [-0.3, -0.25) is 9.67 Å². The number of hydrogen-bond donors (Lipinski definition) is 0. The molecule has 0 bridgehead atoms. The summed E-state index contributed by atoms with van der Waals surface area (Å²) in [5.74, 6) is 1.09. The van der Waals surface area contributed by atoms with Crippen molar-refractivity contribution in [1.29, 1.82) is 0 Å². The Hall–Kier alpha value is -1.58. The molecule has 2 rings (SSSR count). The molecule has 0 N–H and O–H groups in total. The largest absolute Gasteiger partial charge is 0.352 e. The third-order valence-electron chi connectivity index (χ3n) is 3.93. The number of aryl methyl sites for hydroxylation is 2. The number of nitrogens with zero attached hydrogens (tertiary/aromatic N) is 4. The van der Waals surface area contributed by atoms with Crippen LogP contribution in [0.2, 0.25) is 0 Å². The normalized spacial score (nSPS) is 16.8. The Bertz CT molecular complexity index is 522. The molecule has 0 saturated carbocycles. The van der Waals surface area contributed by atoms with Gasteiger partial charge in [-0.2, -0.15) is 5.10 Å². The maximum atomic E-state index is 4.52. The van der Waals surface area contributed by atoms with Crippen molar-refractivity contribution >= 4 is 5.84 Å². The second-order valence-electron chi connectivity index (χ2n) is 5.23. The number of fused-ring (bicyclic) bond motifs is 1. The van der Waals surface area contributed by atoms with Crippen molar-refractivity contribution in [2.75, 3.05) is 13.6 Å². The molecule has 0 spiro atoms. The van der Waals surface area contributed by atoms with E-state index in [-0.39, 0.29) is 0 Å². The van der Waals surface area contributed by atoms with E-state index in [1.54, 1.807) is 0 Å². The summed E-state index contributed by atoms with van der Waals surface area (Å²) < 4.78 is 2.03. The van der Waals surface area contributed by atoms with Gasteiger partial charge in [0.15, 0.2) is 0 Å². The van der Waals surface area contributed by atoms with E-state index >= 15 is 0 Å². The minimum Gasteiger partial charge on any atom is -0.352 e. The minimum atomic E-state index is 0.926. The quantitative estimate of drug-likeness (QED) is 0.604. The van der Waals surface area contributed by atoms with Crippen LogP contribution in [0.15, 0.2) is 16.6 Å². The summed E-state index contributed by atoms with van der Waals surface area (Å²) in [6.45, 7) is 8.38. The summed E-state index contributed by atoms with van der Waals surface area (Å²) in [7, 11) is 3.91. The molecule has 2 heterocycles. The second kappa shape index (κ2) is 5.59. The van der Waals surface area contributed by atoms with Crippen molar-refractivity contribution in [3.05, 3.63) is 28.6 Å². The van der Waals surface area contributed by atoms with E-state index < -0.39 is 0 Å². The van der Waals surface area contributed by atoms with Gasteiger partial charge < -0.3 is 4.90 Å². The van der Waals surface area contributed by atoms with Crippen molar-refractivity contribution < 1.29 is 0 Å². The molecular formula is C15H24N4. The molecule has 0 atom stereocenters. The molecule has 0 saturated heterocycles. The van der Waals surface area contributed by atoms with Gasteiger partial charge in [0.1, 0.15) is 5.84 Å². The van der Waals surface area contributed by atoms with Crippen LogP contribution in [0, 0.1) is 6.92 Å². The van der Waals surface area contributed by atoms with Crippen molar-refractivity contribution in [1.82, 2.24) is 14.7 Å². The van der Waals surface area contributed by atoms with Crippen molar-refractivity contribution in [3.63, 3.8) is 0 Å². The molecule has 4 heteroatoms. The molecule has 1 aliphatic rings. The van der Waals surface area contributed by atoms with Gasteiger partial charge in [0.2, 0.25) is 0 Å². The highest BCUT2D eigenvalue weighted by atomic mass is 15.3. The van der Waals surface area contributed by atoms with Gasteiger partial charge in [0.25, 0.3) is 0 Å². The third kappa shape index (κ3) is 2.72. The van der Waals surface area contributed by atoms with Gasteiger partial charge >= 0.3 is 0 Å². The predicted octanol–water partition coefficient (Wildman–Crippen LogP) is 2.47. The van der Waals surface area contributed by atoms with E-state index in [0.717, 1.165) is 37.5 Å². The standard InChI is InChI=1S/C15H24N4/c1-6-11(2)9-15(16-4)19-8-7-14-13(10-19)12(3)17-18(14)5/h9H,6-8,10H2,1-5H3/b11-9-,16-15?. The molecule has 0 aliphatic carbocycles. The van der Waals surface area contributed by atoms with E-state index in [4.69, 9.17) is 0 Å². The number of amidine groups is 1. The molecule has 1 aromatic rings. The zero-order chi connectivity index (χ0) is 14.0. The Morgan fingerprint density at radius 3 is 2.84 bits per heavy atom. The highest BCUT2D eigenvalue weighted by Crippen LogP contribution is 2.22. The first-order valence-electron chi connectivity index (χ1n) is 6.97. The Morgan fingerprint density at radius 1 is 1.47 bits per heavy atom. The van der Waals surface area contributed by atoms with E-state index in [1.807, 2.05) is 18.8 Å². The zero-order valence-corrected chi connectivity index (χ0v) is 12.7. The zero-order valence-electron chi connectivity index (χ0n) is 12.7. The summed E-state index contributed by atoms with van der Waals surface area (Å²) in [6.07, 6.45) is 4.32. The third-order valence-corrected chi connectivity index (χ3v) is 3.93. The fourth-order valence-corrected chi connectivity index (χ4v) is 2.59. The summed E-state index contributed by atoms with van der Waals surface area (Å²) in [6, 6.07) is 0. The lowest BCUT2D eigenvalue weighted by Crippen LogP contribution is -2.35. The van der Waals surface area contributed by atoms with E-state index in [9.17, 15) is 0 Å². The summed E-state index contributed by atoms with van der Waals surface area (Å²) in [4.78, 5) is 6.81. The summed E-state index contributed by atoms with van der Waals surface area (Å²) >= 11 is 0. The SMILES string of the molecule is CC/C(C)=C\C(=NC)N1CCc2c(c(C)nn2C)C1. The molecular weight excluding hydrogens is 236 g/mol. The van der Waals surface area contributed by atoms with Crippen LogP contribution in [0.1, 0.15) is 37.2 Å². The number of allylic oxidation sites excluding steroid dienone is 1. The molecule has 4 nitrogen and oxygen atoms in total. The van der Waals surface area contributed by atoms with Crippen LogP contribution in [0.5, 0.6) is 0 Å². The first-order chi connectivity index (χ1) is 9.06. The van der Waals surface area contributed by atoms with Crippen molar-refractivity contribution in [2.24, 2.45) is 12.0 Å². The maximum absolute atomic E-state index is 4.52. The average Bonchev–Trinajstić information content (AvgIpc) is 2.70. The molecule has 1 aromatic heterocycles. The maximum Gasteiger partial charge on any atom is 0.123 e. The number of aromatic nitrogens is 2. The Labute approximate surface area is 115 Å². The number of rotatable bonds is 2. The van der Waals surface area contributed by atoms with Gasteiger partial charge in [-0.05, 0) is 26.3 Å². The predicted molar refractivity (Wildman–Crippen MR) is 79.5 cm³/mol. The van der Waals surface area contributed by atoms with Gasteiger partial charge in [-0.25, -0.2) is 0 Å². The van der Waals surface area contributed by atoms with Crippen LogP contribution < -0.4 is 0 Å². The van der Waals surface area contributed by atoms with Crippen LogP contribution in [-0.4, -0.2) is 34.1 Å². The van der Waals surface area contributed by atoms with Crippen LogP contribution in [0.25, 0.3) is 0 Å². The topological polar surface area (TPSA) is 33.4 Å². The lowest BCUT2D eigenvalue weighted by molar-refractivity contribution is 0.388. The van der Waals surface area contributed by atoms with E-state index in [1.165, 1.54) is 16.8 Å². The summed E-state index contributed by atoms with van der Waals surface area (Å²) in [5, 5.41) is 4.52. The summed E-state index contributed by atoms with van der Waals surface area (Å²) in [5.41, 5.74) is 5.26. The monoisotopic (exact) mass is 260 g/mol. The lowest BCUT2D eigenvalue weighted by Gasteiger charge is -2.29. The minimum absolute atomic E-state index is 0.926. The lowest BCUT2D eigenvalue weighted by atomic mass is 10.0. The van der Waals surface area contributed by atoms with Crippen LogP contribution >= 0.6 is 0 Å².